The fraction of sp³-hybridized carbons (Fsp3) is 0.348. The third kappa shape index (κ3) is 5.38. The van der Waals surface area contributed by atoms with E-state index in [9.17, 15) is 0 Å². The number of aromatic nitrogens is 3. The van der Waals surface area contributed by atoms with Crippen molar-refractivity contribution in [3.05, 3.63) is 83.4 Å². The number of nitrogens with zero attached hydrogens (tertiary/aromatic N) is 5. The molecule has 2 aromatic carbocycles. The molecule has 4 rings (SSSR count). The average molecular weight is 516 g/mol. The molecule has 158 valence electrons. The first-order valence-corrected chi connectivity index (χ1v) is 10.2. The molecule has 1 unspecified atom stereocenters. The number of aryl methyl sites for hydroxylation is 1. The molecule has 0 spiro atoms. The van der Waals surface area contributed by atoms with E-state index in [4.69, 9.17) is 4.99 Å². The van der Waals surface area contributed by atoms with Crippen LogP contribution in [0.15, 0.2) is 65.7 Å². The normalized spacial score (nSPS) is 16.4. The molecule has 1 N–H and O–H groups in total. The van der Waals surface area contributed by atoms with Gasteiger partial charge < -0.3 is 14.8 Å². The molecule has 0 amide bonds. The summed E-state index contributed by atoms with van der Waals surface area (Å²) in [4.78, 5) is 7.29. The summed E-state index contributed by atoms with van der Waals surface area (Å²) in [6, 6.07) is 21.2. The Hall–Kier alpha value is -2.42. The van der Waals surface area contributed by atoms with E-state index in [2.05, 4.69) is 75.0 Å². The largest absolute Gasteiger partial charge is 0.349 e. The van der Waals surface area contributed by atoms with Crippen LogP contribution in [-0.4, -0.2) is 38.7 Å². The third-order valence-electron chi connectivity index (χ3n) is 5.60. The van der Waals surface area contributed by atoms with E-state index in [1.165, 1.54) is 11.1 Å². The minimum Gasteiger partial charge on any atom is -0.349 e. The molecule has 1 aromatic heterocycles. The van der Waals surface area contributed by atoms with Gasteiger partial charge in [0, 0.05) is 26.1 Å². The molecular formula is C23H29IN6. The van der Waals surface area contributed by atoms with Gasteiger partial charge in [-0.3, -0.25) is 0 Å². The Morgan fingerprint density at radius 1 is 1.07 bits per heavy atom. The van der Waals surface area contributed by atoms with Crippen molar-refractivity contribution in [1.29, 1.82) is 0 Å². The first-order chi connectivity index (χ1) is 14.2. The Balaban J connectivity index is 0.00000256. The van der Waals surface area contributed by atoms with E-state index in [1.54, 1.807) is 0 Å². The molecule has 0 saturated carbocycles. The van der Waals surface area contributed by atoms with Crippen LogP contribution < -0.4 is 5.32 Å². The Labute approximate surface area is 195 Å². The molecule has 0 radical (unpaired) electrons. The smallest absolute Gasteiger partial charge is 0.194 e. The molecule has 1 aliphatic rings. The second-order valence-electron chi connectivity index (χ2n) is 7.54. The van der Waals surface area contributed by atoms with Crippen molar-refractivity contribution in [1.82, 2.24) is 25.0 Å². The monoisotopic (exact) mass is 516 g/mol. The van der Waals surface area contributed by atoms with Gasteiger partial charge in [0.05, 0.1) is 13.1 Å². The molecule has 1 atom stereocenters. The van der Waals surface area contributed by atoms with Gasteiger partial charge >= 0.3 is 0 Å². The molecule has 30 heavy (non-hydrogen) atoms. The van der Waals surface area contributed by atoms with Gasteiger partial charge in [-0.15, -0.1) is 34.2 Å². The SMILES string of the molecule is Cc1nnc(CNC(=NCc2ccccc2)N2CCC(c3ccccc3)C2)n1C.I. The Bertz CT molecular complexity index is 954. The molecular weight excluding hydrogens is 487 g/mol. The number of guanidine groups is 1. The van der Waals surface area contributed by atoms with Crippen molar-refractivity contribution in [3.63, 3.8) is 0 Å². The second kappa shape index (κ2) is 10.6. The highest BCUT2D eigenvalue weighted by Gasteiger charge is 2.26. The maximum Gasteiger partial charge on any atom is 0.194 e. The zero-order chi connectivity index (χ0) is 20.1. The summed E-state index contributed by atoms with van der Waals surface area (Å²) in [5.41, 5.74) is 2.61. The molecule has 7 heteroatoms. The maximum absolute atomic E-state index is 4.93. The van der Waals surface area contributed by atoms with Crippen molar-refractivity contribution in [2.45, 2.75) is 32.4 Å². The number of hydrogen-bond acceptors (Lipinski definition) is 3. The van der Waals surface area contributed by atoms with E-state index in [1.807, 2.05) is 24.6 Å². The molecule has 3 aromatic rings. The van der Waals surface area contributed by atoms with Gasteiger partial charge in [-0.1, -0.05) is 60.7 Å². The van der Waals surface area contributed by atoms with Crippen molar-refractivity contribution in [2.75, 3.05) is 13.1 Å². The molecule has 1 aliphatic heterocycles. The molecule has 6 nitrogen and oxygen atoms in total. The highest BCUT2D eigenvalue weighted by molar-refractivity contribution is 14.0. The van der Waals surface area contributed by atoms with Gasteiger partial charge in [0.2, 0.25) is 0 Å². The molecule has 2 heterocycles. The second-order valence-corrected chi connectivity index (χ2v) is 7.54. The van der Waals surface area contributed by atoms with Gasteiger partial charge in [0.15, 0.2) is 11.8 Å². The summed E-state index contributed by atoms with van der Waals surface area (Å²) in [5, 5.41) is 12.0. The van der Waals surface area contributed by atoms with Crippen molar-refractivity contribution in [2.24, 2.45) is 12.0 Å². The quantitative estimate of drug-likeness (QED) is 0.318. The van der Waals surface area contributed by atoms with E-state index < -0.39 is 0 Å². The topological polar surface area (TPSA) is 58.3 Å². The lowest BCUT2D eigenvalue weighted by molar-refractivity contribution is 0.481. The number of aliphatic imine (C=N–C) groups is 1. The van der Waals surface area contributed by atoms with Crippen LogP contribution in [0.3, 0.4) is 0 Å². The average Bonchev–Trinajstić information content (AvgIpc) is 3.38. The van der Waals surface area contributed by atoms with E-state index in [0.717, 1.165) is 37.1 Å². The van der Waals surface area contributed by atoms with Crippen LogP contribution in [0.2, 0.25) is 0 Å². The minimum atomic E-state index is 0. The molecule has 1 saturated heterocycles. The Morgan fingerprint density at radius 2 is 1.77 bits per heavy atom. The number of benzene rings is 2. The Morgan fingerprint density at radius 3 is 2.43 bits per heavy atom. The zero-order valence-electron chi connectivity index (χ0n) is 17.5. The number of nitrogens with one attached hydrogen (secondary N) is 1. The standard InChI is InChI=1S/C23H28N6.HI/c1-18-26-27-22(28(18)2)16-25-23(24-15-19-9-5-3-6-10-19)29-14-13-21(17-29)20-11-7-4-8-12-20;/h3-12,21H,13-17H2,1-2H3,(H,24,25);1H. The molecule has 0 aliphatic carbocycles. The van der Waals surface area contributed by atoms with Crippen LogP contribution in [0.25, 0.3) is 0 Å². The van der Waals surface area contributed by atoms with Crippen LogP contribution >= 0.6 is 24.0 Å². The third-order valence-corrected chi connectivity index (χ3v) is 5.60. The summed E-state index contributed by atoms with van der Waals surface area (Å²) in [6.45, 7) is 5.21. The first kappa shape index (κ1) is 22.3. The van der Waals surface area contributed by atoms with Crippen LogP contribution in [-0.2, 0) is 20.1 Å². The highest BCUT2D eigenvalue weighted by atomic mass is 127. The fourth-order valence-electron chi connectivity index (χ4n) is 3.73. The first-order valence-electron chi connectivity index (χ1n) is 10.2. The van der Waals surface area contributed by atoms with Crippen LogP contribution in [0.4, 0.5) is 0 Å². The van der Waals surface area contributed by atoms with Gasteiger partial charge in [-0.25, -0.2) is 4.99 Å². The van der Waals surface area contributed by atoms with E-state index in [-0.39, 0.29) is 24.0 Å². The fourth-order valence-corrected chi connectivity index (χ4v) is 3.73. The van der Waals surface area contributed by atoms with Crippen molar-refractivity contribution < 1.29 is 0 Å². The van der Waals surface area contributed by atoms with Crippen LogP contribution in [0.5, 0.6) is 0 Å². The minimum absolute atomic E-state index is 0. The highest BCUT2D eigenvalue weighted by Crippen LogP contribution is 2.27. The maximum atomic E-state index is 4.93. The van der Waals surface area contributed by atoms with Crippen LogP contribution in [0.1, 0.15) is 35.1 Å². The summed E-state index contributed by atoms with van der Waals surface area (Å²) in [7, 11) is 1.99. The lowest BCUT2D eigenvalue weighted by Crippen LogP contribution is -2.40. The molecule has 0 bridgehead atoms. The van der Waals surface area contributed by atoms with E-state index in [0.29, 0.717) is 19.0 Å². The lowest BCUT2D eigenvalue weighted by atomic mass is 9.99. The summed E-state index contributed by atoms with van der Waals surface area (Å²) < 4.78 is 2.01. The van der Waals surface area contributed by atoms with Gasteiger partial charge in [0.25, 0.3) is 0 Å². The predicted molar refractivity (Wildman–Crippen MR) is 131 cm³/mol. The summed E-state index contributed by atoms with van der Waals surface area (Å²) in [5.74, 6) is 3.30. The summed E-state index contributed by atoms with van der Waals surface area (Å²) >= 11 is 0. The van der Waals surface area contributed by atoms with Gasteiger partial charge in [0.1, 0.15) is 5.82 Å². The van der Waals surface area contributed by atoms with Gasteiger partial charge in [-0.05, 0) is 24.5 Å². The number of halogens is 1. The lowest BCUT2D eigenvalue weighted by Gasteiger charge is -2.22. The summed E-state index contributed by atoms with van der Waals surface area (Å²) in [6.07, 6.45) is 1.14. The van der Waals surface area contributed by atoms with E-state index >= 15 is 0 Å². The number of likely N-dealkylation sites (tertiary alicyclic amines) is 1. The van der Waals surface area contributed by atoms with Crippen molar-refractivity contribution >= 4 is 29.9 Å². The van der Waals surface area contributed by atoms with Crippen molar-refractivity contribution in [3.8, 4) is 0 Å². The Kier molecular flexibility index (Phi) is 7.84. The van der Waals surface area contributed by atoms with Gasteiger partial charge in [-0.2, -0.15) is 0 Å². The number of hydrogen-bond donors (Lipinski definition) is 1. The molecule has 1 fully saturated rings. The van der Waals surface area contributed by atoms with Crippen LogP contribution in [0, 0.1) is 6.92 Å². The predicted octanol–water partition coefficient (Wildman–Crippen LogP) is 3.88. The number of rotatable bonds is 5. The zero-order valence-corrected chi connectivity index (χ0v) is 19.9.